The topological polar surface area (TPSA) is 38.9 Å². The maximum atomic E-state index is 5.07. The molecule has 0 amide bonds. The molecule has 18 heavy (non-hydrogen) atoms. The predicted molar refractivity (Wildman–Crippen MR) is 75.5 cm³/mol. The first-order valence-corrected chi connectivity index (χ1v) is 6.98. The van der Waals surface area contributed by atoms with Crippen LogP contribution in [-0.2, 0) is 0 Å². The van der Waals surface area contributed by atoms with Crippen LogP contribution < -0.4 is 0 Å². The summed E-state index contributed by atoms with van der Waals surface area (Å²) >= 11 is 5.06. The number of hydrogen-bond donors (Lipinski definition) is 0. The summed E-state index contributed by atoms with van der Waals surface area (Å²) < 4.78 is 6.14. The summed E-state index contributed by atoms with van der Waals surface area (Å²) in [4.78, 5) is 5.52. The Morgan fingerprint density at radius 1 is 1.17 bits per heavy atom. The highest BCUT2D eigenvalue weighted by Gasteiger charge is 2.11. The zero-order valence-electron chi connectivity index (χ0n) is 9.55. The molecule has 3 aromatic rings. The number of nitrogens with zero attached hydrogens (tertiary/aromatic N) is 2. The highest BCUT2D eigenvalue weighted by molar-refractivity contribution is 9.10. The zero-order chi connectivity index (χ0) is 12.5. The first-order valence-electron chi connectivity index (χ1n) is 5.37. The lowest BCUT2D eigenvalue weighted by atomic mass is 10.2. The second-order valence-electron chi connectivity index (χ2n) is 3.83. The number of benzene rings is 1. The van der Waals surface area contributed by atoms with E-state index in [-0.39, 0.29) is 0 Å². The van der Waals surface area contributed by atoms with Gasteiger partial charge in [0.05, 0.1) is 16.6 Å². The molecule has 0 bridgehead atoms. The van der Waals surface area contributed by atoms with Crippen molar-refractivity contribution in [1.82, 2.24) is 10.1 Å². The Kier molecular flexibility index (Phi) is 3.01. The summed E-state index contributed by atoms with van der Waals surface area (Å²) in [5.41, 5.74) is 2.12. The van der Waals surface area contributed by atoms with E-state index in [1.54, 1.807) is 17.5 Å². The molecule has 1 aromatic carbocycles. The van der Waals surface area contributed by atoms with E-state index in [2.05, 4.69) is 26.1 Å². The summed E-state index contributed by atoms with van der Waals surface area (Å²) in [7, 11) is 0. The predicted octanol–water partition coefficient (Wildman–Crippen LogP) is 4.54. The van der Waals surface area contributed by atoms with E-state index in [1.165, 1.54) is 0 Å². The average molecular weight is 321 g/mol. The van der Waals surface area contributed by atoms with Crippen molar-refractivity contribution in [2.45, 2.75) is 6.92 Å². The van der Waals surface area contributed by atoms with Crippen molar-refractivity contribution in [2.24, 2.45) is 0 Å². The lowest BCUT2D eigenvalue weighted by Gasteiger charge is -1.95. The quantitative estimate of drug-likeness (QED) is 0.696. The van der Waals surface area contributed by atoms with Crippen LogP contribution in [0.15, 0.2) is 45.7 Å². The molecule has 0 aliphatic carbocycles. The van der Waals surface area contributed by atoms with E-state index in [1.807, 2.05) is 37.4 Å². The smallest absolute Gasteiger partial charge is 0.142 e. The fourth-order valence-electron chi connectivity index (χ4n) is 1.66. The van der Waals surface area contributed by atoms with Crippen LogP contribution in [0.1, 0.15) is 5.76 Å². The van der Waals surface area contributed by atoms with E-state index < -0.39 is 0 Å². The van der Waals surface area contributed by atoms with Gasteiger partial charge in [0, 0.05) is 16.2 Å². The van der Waals surface area contributed by atoms with Crippen molar-refractivity contribution in [3.05, 3.63) is 46.9 Å². The van der Waals surface area contributed by atoms with Gasteiger partial charge in [-0.1, -0.05) is 33.2 Å². The molecule has 3 nitrogen and oxygen atoms in total. The van der Waals surface area contributed by atoms with Crippen molar-refractivity contribution >= 4 is 27.3 Å². The van der Waals surface area contributed by atoms with Gasteiger partial charge in [-0.05, 0) is 19.1 Å². The van der Waals surface area contributed by atoms with Gasteiger partial charge in [-0.15, -0.1) is 11.3 Å². The second kappa shape index (κ2) is 4.66. The molecular formula is C13H9BrN2OS. The minimum absolute atomic E-state index is 0.820. The van der Waals surface area contributed by atoms with Gasteiger partial charge in [-0.25, -0.2) is 4.98 Å². The van der Waals surface area contributed by atoms with Crippen LogP contribution in [0.25, 0.3) is 21.0 Å². The van der Waals surface area contributed by atoms with Crippen molar-refractivity contribution < 1.29 is 4.52 Å². The molecule has 5 heteroatoms. The van der Waals surface area contributed by atoms with Gasteiger partial charge in [0.2, 0.25) is 0 Å². The summed E-state index contributed by atoms with van der Waals surface area (Å²) in [5.74, 6) is 0.820. The highest BCUT2D eigenvalue weighted by atomic mass is 79.9. The molecule has 0 unspecified atom stereocenters. The molecule has 3 rings (SSSR count). The van der Waals surface area contributed by atoms with Crippen LogP contribution in [-0.4, -0.2) is 10.1 Å². The van der Waals surface area contributed by atoms with Gasteiger partial charge in [0.15, 0.2) is 0 Å². The van der Waals surface area contributed by atoms with E-state index in [0.29, 0.717) is 0 Å². The Morgan fingerprint density at radius 3 is 2.61 bits per heavy atom. The maximum Gasteiger partial charge on any atom is 0.142 e. The van der Waals surface area contributed by atoms with Crippen molar-refractivity contribution in [2.75, 3.05) is 0 Å². The SMILES string of the molecule is Cc1oncc1-c1cnc(-c2ccc(Br)cc2)s1. The first kappa shape index (κ1) is 11.6. The number of aromatic nitrogens is 2. The zero-order valence-corrected chi connectivity index (χ0v) is 12.0. The summed E-state index contributed by atoms with van der Waals surface area (Å²) in [6, 6.07) is 8.13. The van der Waals surface area contributed by atoms with E-state index in [4.69, 9.17) is 4.52 Å². The Bertz CT molecular complexity index is 672. The first-order chi connectivity index (χ1) is 8.74. The molecule has 0 atom stereocenters. The van der Waals surface area contributed by atoms with Crippen LogP contribution in [0.4, 0.5) is 0 Å². The molecular weight excluding hydrogens is 312 g/mol. The Balaban J connectivity index is 1.99. The van der Waals surface area contributed by atoms with Crippen LogP contribution in [0, 0.1) is 6.92 Å². The fraction of sp³-hybridized carbons (Fsp3) is 0.0769. The van der Waals surface area contributed by atoms with Gasteiger partial charge in [-0.3, -0.25) is 0 Å². The Labute approximate surface area is 117 Å². The minimum atomic E-state index is 0.820. The average Bonchev–Trinajstić information content (AvgIpc) is 2.98. The van der Waals surface area contributed by atoms with Crippen LogP contribution in [0.3, 0.4) is 0 Å². The van der Waals surface area contributed by atoms with Crippen LogP contribution >= 0.6 is 27.3 Å². The monoisotopic (exact) mass is 320 g/mol. The molecule has 0 spiro atoms. The molecule has 0 fully saturated rings. The van der Waals surface area contributed by atoms with E-state index in [0.717, 1.165) is 31.2 Å². The maximum absolute atomic E-state index is 5.07. The van der Waals surface area contributed by atoms with Gasteiger partial charge in [0.1, 0.15) is 10.8 Å². The summed E-state index contributed by atoms with van der Waals surface area (Å²) in [6.45, 7) is 1.90. The molecule has 2 aromatic heterocycles. The minimum Gasteiger partial charge on any atom is -0.361 e. The molecule has 0 radical (unpaired) electrons. The third-order valence-corrected chi connectivity index (χ3v) is 4.22. The number of aryl methyl sites for hydroxylation is 1. The molecule has 90 valence electrons. The number of thiazole rings is 1. The van der Waals surface area contributed by atoms with E-state index >= 15 is 0 Å². The molecule has 0 saturated carbocycles. The molecule has 2 heterocycles. The number of rotatable bonds is 2. The summed E-state index contributed by atoms with van der Waals surface area (Å²) in [6.07, 6.45) is 3.59. The van der Waals surface area contributed by atoms with Crippen LogP contribution in [0.5, 0.6) is 0 Å². The standard InChI is InChI=1S/C13H9BrN2OS/c1-8-11(6-16-17-8)12-7-15-13(18-12)9-2-4-10(14)5-3-9/h2-7H,1H3. The molecule has 0 aliphatic heterocycles. The van der Waals surface area contributed by atoms with Gasteiger partial charge < -0.3 is 4.52 Å². The summed E-state index contributed by atoms with van der Waals surface area (Å²) in [5, 5.41) is 4.79. The number of hydrogen-bond acceptors (Lipinski definition) is 4. The normalized spacial score (nSPS) is 10.8. The Hall–Kier alpha value is -1.46. The van der Waals surface area contributed by atoms with Crippen molar-refractivity contribution in [3.63, 3.8) is 0 Å². The fourth-order valence-corrected chi connectivity index (χ4v) is 2.90. The third kappa shape index (κ3) is 2.11. The molecule has 0 aliphatic rings. The van der Waals surface area contributed by atoms with Gasteiger partial charge in [-0.2, -0.15) is 0 Å². The number of halogens is 1. The van der Waals surface area contributed by atoms with E-state index in [9.17, 15) is 0 Å². The van der Waals surface area contributed by atoms with Crippen molar-refractivity contribution in [1.29, 1.82) is 0 Å². The van der Waals surface area contributed by atoms with Gasteiger partial charge >= 0.3 is 0 Å². The lowest BCUT2D eigenvalue weighted by molar-refractivity contribution is 0.398. The van der Waals surface area contributed by atoms with Crippen LogP contribution in [0.2, 0.25) is 0 Å². The third-order valence-electron chi connectivity index (χ3n) is 2.61. The molecule has 0 N–H and O–H groups in total. The molecule has 0 saturated heterocycles. The Morgan fingerprint density at radius 2 is 1.94 bits per heavy atom. The van der Waals surface area contributed by atoms with Gasteiger partial charge in [0.25, 0.3) is 0 Å². The second-order valence-corrected chi connectivity index (χ2v) is 5.78. The highest BCUT2D eigenvalue weighted by Crippen LogP contribution is 2.33. The lowest BCUT2D eigenvalue weighted by Crippen LogP contribution is -1.73. The largest absolute Gasteiger partial charge is 0.361 e. The van der Waals surface area contributed by atoms with Crippen molar-refractivity contribution in [3.8, 4) is 21.0 Å².